The third kappa shape index (κ3) is 2.26. The Kier molecular flexibility index (Phi) is 2.56. The zero-order chi connectivity index (χ0) is 9.10. The quantitative estimate of drug-likeness (QED) is 0.658. The van der Waals surface area contributed by atoms with Crippen molar-refractivity contribution < 1.29 is 0 Å². The molecule has 0 spiro atoms. The van der Waals surface area contributed by atoms with Crippen LogP contribution < -0.4 is 5.73 Å². The molecule has 0 atom stereocenters. The normalized spacial score (nSPS) is 20.7. The molecule has 1 aliphatic heterocycles. The number of nitrogens with two attached hydrogens (primary N) is 1. The molecule has 5 heteroatoms. The van der Waals surface area contributed by atoms with Crippen molar-refractivity contribution in [3.05, 3.63) is 12.2 Å². The minimum Gasteiger partial charge on any atom is -0.328 e. The average molecular weight is 181 g/mol. The molecule has 0 aromatic carbocycles. The first-order valence-electron chi connectivity index (χ1n) is 4.67. The highest BCUT2D eigenvalue weighted by Crippen LogP contribution is 2.09. The Morgan fingerprint density at radius 1 is 1.54 bits per heavy atom. The summed E-state index contributed by atoms with van der Waals surface area (Å²) in [7, 11) is 0. The second-order valence-electron chi connectivity index (χ2n) is 3.55. The van der Waals surface area contributed by atoms with Gasteiger partial charge in [0, 0.05) is 19.1 Å². The van der Waals surface area contributed by atoms with Gasteiger partial charge < -0.3 is 5.73 Å². The van der Waals surface area contributed by atoms with Crippen LogP contribution in [0.2, 0.25) is 0 Å². The van der Waals surface area contributed by atoms with E-state index >= 15 is 0 Å². The molecule has 1 aliphatic rings. The van der Waals surface area contributed by atoms with Crippen molar-refractivity contribution in [1.29, 1.82) is 0 Å². The minimum atomic E-state index is 0.394. The lowest BCUT2D eigenvalue weighted by Gasteiger charge is -2.28. The largest absolute Gasteiger partial charge is 0.328 e. The number of hydrogen-bond acceptors (Lipinski definition) is 4. The number of piperidine rings is 1. The summed E-state index contributed by atoms with van der Waals surface area (Å²) < 4.78 is 0. The zero-order valence-electron chi connectivity index (χ0n) is 7.61. The molecule has 0 bridgehead atoms. The third-order valence-electron chi connectivity index (χ3n) is 2.47. The summed E-state index contributed by atoms with van der Waals surface area (Å²) in [6.07, 6.45) is 3.73. The zero-order valence-corrected chi connectivity index (χ0v) is 7.61. The molecule has 3 N–H and O–H groups in total. The van der Waals surface area contributed by atoms with Crippen molar-refractivity contribution in [2.75, 3.05) is 13.1 Å². The number of hydrogen-bond donors (Lipinski definition) is 2. The van der Waals surface area contributed by atoms with E-state index in [1.807, 2.05) is 0 Å². The molecular formula is C8H15N5. The van der Waals surface area contributed by atoms with Crippen molar-refractivity contribution in [3.63, 3.8) is 0 Å². The van der Waals surface area contributed by atoms with Gasteiger partial charge in [-0.05, 0) is 12.8 Å². The van der Waals surface area contributed by atoms with Crippen LogP contribution >= 0.6 is 0 Å². The van der Waals surface area contributed by atoms with Crippen LogP contribution in [-0.2, 0) is 6.54 Å². The lowest BCUT2D eigenvalue weighted by atomic mass is 10.1. The van der Waals surface area contributed by atoms with E-state index < -0.39 is 0 Å². The maximum absolute atomic E-state index is 5.81. The van der Waals surface area contributed by atoms with Crippen LogP contribution in [0.5, 0.6) is 0 Å². The number of likely N-dealkylation sites (tertiary alicyclic amines) is 1. The molecule has 0 aliphatic carbocycles. The fourth-order valence-corrected chi connectivity index (χ4v) is 1.63. The number of rotatable bonds is 2. The Morgan fingerprint density at radius 3 is 2.92 bits per heavy atom. The van der Waals surface area contributed by atoms with E-state index in [4.69, 9.17) is 5.73 Å². The molecule has 13 heavy (non-hydrogen) atoms. The standard InChI is InChI=1S/C8H15N5/c9-7-1-3-13(4-2-7)5-8-10-6-11-12-8/h6-7H,1-5,9H2,(H,10,11,12). The van der Waals surface area contributed by atoms with E-state index in [0.717, 1.165) is 38.3 Å². The summed E-state index contributed by atoms with van der Waals surface area (Å²) in [6.45, 7) is 3.01. The molecule has 5 nitrogen and oxygen atoms in total. The van der Waals surface area contributed by atoms with Gasteiger partial charge in [-0.3, -0.25) is 10.00 Å². The summed E-state index contributed by atoms with van der Waals surface area (Å²) >= 11 is 0. The topological polar surface area (TPSA) is 70.8 Å². The van der Waals surface area contributed by atoms with Gasteiger partial charge in [-0.25, -0.2) is 4.98 Å². The highest BCUT2D eigenvalue weighted by molar-refractivity contribution is 4.83. The van der Waals surface area contributed by atoms with Gasteiger partial charge in [0.1, 0.15) is 12.2 Å². The smallest absolute Gasteiger partial charge is 0.138 e. The number of nitrogens with zero attached hydrogens (tertiary/aromatic N) is 3. The summed E-state index contributed by atoms with van der Waals surface area (Å²) in [6, 6.07) is 0.394. The third-order valence-corrected chi connectivity index (χ3v) is 2.47. The number of aromatic amines is 1. The van der Waals surface area contributed by atoms with Crippen LogP contribution in [0.15, 0.2) is 6.33 Å². The maximum atomic E-state index is 5.81. The molecule has 1 fully saturated rings. The second-order valence-corrected chi connectivity index (χ2v) is 3.55. The van der Waals surface area contributed by atoms with Crippen LogP contribution in [0.4, 0.5) is 0 Å². The number of H-pyrrole nitrogens is 1. The van der Waals surface area contributed by atoms with E-state index in [-0.39, 0.29) is 0 Å². The predicted octanol–water partition coefficient (Wildman–Crippen LogP) is -0.272. The predicted molar refractivity (Wildman–Crippen MR) is 48.9 cm³/mol. The van der Waals surface area contributed by atoms with Gasteiger partial charge in [0.2, 0.25) is 0 Å². The lowest BCUT2D eigenvalue weighted by Crippen LogP contribution is -2.39. The highest BCUT2D eigenvalue weighted by atomic mass is 15.2. The molecule has 2 heterocycles. The molecule has 0 unspecified atom stereocenters. The minimum absolute atomic E-state index is 0.394. The van der Waals surface area contributed by atoms with Crippen molar-refractivity contribution in [3.8, 4) is 0 Å². The Bertz CT molecular complexity index is 237. The molecule has 0 radical (unpaired) electrons. The van der Waals surface area contributed by atoms with Gasteiger partial charge >= 0.3 is 0 Å². The van der Waals surface area contributed by atoms with Crippen LogP contribution in [0.1, 0.15) is 18.7 Å². The van der Waals surface area contributed by atoms with Gasteiger partial charge in [-0.2, -0.15) is 5.10 Å². The van der Waals surface area contributed by atoms with Crippen molar-refractivity contribution in [2.24, 2.45) is 5.73 Å². The fraction of sp³-hybridized carbons (Fsp3) is 0.750. The van der Waals surface area contributed by atoms with Crippen molar-refractivity contribution >= 4 is 0 Å². The number of nitrogens with one attached hydrogen (secondary N) is 1. The number of aromatic nitrogens is 3. The van der Waals surface area contributed by atoms with E-state index in [1.54, 1.807) is 6.33 Å². The summed E-state index contributed by atoms with van der Waals surface area (Å²) in [4.78, 5) is 6.44. The van der Waals surface area contributed by atoms with Crippen LogP contribution in [-0.4, -0.2) is 39.2 Å². The van der Waals surface area contributed by atoms with E-state index in [0.29, 0.717) is 6.04 Å². The lowest BCUT2D eigenvalue weighted by molar-refractivity contribution is 0.201. The highest BCUT2D eigenvalue weighted by Gasteiger charge is 2.16. The van der Waals surface area contributed by atoms with Crippen molar-refractivity contribution in [1.82, 2.24) is 20.1 Å². The van der Waals surface area contributed by atoms with Gasteiger partial charge in [0.15, 0.2) is 0 Å². The van der Waals surface area contributed by atoms with Gasteiger partial charge in [-0.15, -0.1) is 0 Å². The first-order valence-corrected chi connectivity index (χ1v) is 4.67. The molecule has 0 amide bonds. The summed E-state index contributed by atoms with van der Waals surface area (Å²) in [5, 5.41) is 6.68. The Balaban J connectivity index is 1.83. The second kappa shape index (κ2) is 3.85. The van der Waals surface area contributed by atoms with Crippen LogP contribution in [0.3, 0.4) is 0 Å². The van der Waals surface area contributed by atoms with Gasteiger partial charge in [0.05, 0.1) is 6.54 Å². The summed E-state index contributed by atoms with van der Waals surface area (Å²) in [5.74, 6) is 0.940. The Hall–Kier alpha value is -0.940. The summed E-state index contributed by atoms with van der Waals surface area (Å²) in [5.41, 5.74) is 5.81. The van der Waals surface area contributed by atoms with Gasteiger partial charge in [-0.1, -0.05) is 0 Å². The fourth-order valence-electron chi connectivity index (χ4n) is 1.63. The molecule has 1 saturated heterocycles. The van der Waals surface area contributed by atoms with Gasteiger partial charge in [0.25, 0.3) is 0 Å². The first kappa shape index (κ1) is 8.65. The first-order chi connectivity index (χ1) is 6.34. The molecule has 2 rings (SSSR count). The van der Waals surface area contributed by atoms with E-state index in [9.17, 15) is 0 Å². The molecule has 1 aromatic rings. The van der Waals surface area contributed by atoms with Crippen LogP contribution in [0.25, 0.3) is 0 Å². The van der Waals surface area contributed by atoms with E-state index in [2.05, 4.69) is 20.1 Å². The Labute approximate surface area is 77.3 Å². The van der Waals surface area contributed by atoms with Crippen LogP contribution in [0, 0.1) is 0 Å². The van der Waals surface area contributed by atoms with E-state index in [1.165, 1.54) is 0 Å². The average Bonchev–Trinajstić information content (AvgIpc) is 2.62. The molecule has 0 saturated carbocycles. The molecule has 72 valence electrons. The maximum Gasteiger partial charge on any atom is 0.138 e. The van der Waals surface area contributed by atoms with Crippen molar-refractivity contribution in [2.45, 2.75) is 25.4 Å². The SMILES string of the molecule is NC1CCN(Cc2ncn[nH]2)CC1. The molecular weight excluding hydrogens is 166 g/mol. The Morgan fingerprint density at radius 2 is 2.31 bits per heavy atom. The molecule has 1 aromatic heterocycles. The monoisotopic (exact) mass is 181 g/mol.